The Bertz CT molecular complexity index is 2750. The second kappa shape index (κ2) is 18.0. The maximum atomic E-state index is 15.4. The van der Waals surface area contributed by atoms with Gasteiger partial charge in [-0.05, 0) is 12.1 Å². The highest BCUT2D eigenvalue weighted by Crippen LogP contribution is 2.31. The number of aromatic nitrogens is 1. The molecule has 0 aliphatic carbocycles. The number of ketones is 1. The highest BCUT2D eigenvalue weighted by atomic mass is 19.2. The standard InChI is InChI=1S/C24BF20.C18H16NO2/c26-5-1(6(27)14(35)21(42)13(5)34)25(2-7(28)15(36)22(43)16(37)8(2)29,3-9(30)17(38)23(44)18(39)10(3)31)4-11(32)19(40)24(45)20(41)12(4)33;1-21-18-12-11-14-7-5-6-10-16(14)19(18)13-17(20)15-8-3-2-4-9-15/h;2-12H,13H2,1H3/q-1;+1. The summed E-state index contributed by atoms with van der Waals surface area (Å²) in [5, 5.41) is 1.08. The first kappa shape index (κ1) is 48.3. The minimum atomic E-state index is -7.22. The van der Waals surface area contributed by atoms with E-state index < -0.39 is 144 Å². The molecule has 0 N–H and O–H groups in total. The molecule has 7 aromatic rings. The Morgan fingerprint density at radius 3 is 1.00 bits per heavy atom. The van der Waals surface area contributed by atoms with Crippen LogP contribution in [-0.2, 0) is 6.54 Å². The number of para-hydroxylation sites is 1. The highest BCUT2D eigenvalue weighted by Gasteiger charge is 2.52. The first-order valence-electron chi connectivity index (χ1n) is 17.8. The number of ether oxygens (including phenoxy) is 1. The predicted molar refractivity (Wildman–Crippen MR) is 191 cm³/mol. The summed E-state index contributed by atoms with van der Waals surface area (Å²) in [5.41, 5.74) is -12.6. The Labute approximate surface area is 354 Å². The van der Waals surface area contributed by atoms with Gasteiger partial charge in [0.25, 0.3) is 0 Å². The van der Waals surface area contributed by atoms with Gasteiger partial charge >= 0.3 is 5.88 Å². The van der Waals surface area contributed by atoms with Crippen molar-refractivity contribution in [1.82, 2.24) is 0 Å². The normalized spacial score (nSPS) is 11.5. The van der Waals surface area contributed by atoms with Crippen molar-refractivity contribution < 1.29 is 102 Å². The summed E-state index contributed by atoms with van der Waals surface area (Å²) < 4.78 is 301. The van der Waals surface area contributed by atoms with Gasteiger partial charge in [0.05, 0.1) is 13.2 Å². The SMILES string of the molecule is COc1ccc2ccccc2[n+]1CC(=O)c1ccccc1.Fc1c(F)c(F)c([B-](c2c(F)c(F)c(F)c(F)c2F)(c2c(F)c(F)c(F)c(F)c2F)c2c(F)c(F)c(F)c(F)c2F)c(F)c1F. The molecule has 6 aromatic carbocycles. The van der Waals surface area contributed by atoms with Gasteiger partial charge in [-0.15, -0.1) is 21.9 Å². The Kier molecular flexibility index (Phi) is 13.2. The number of halogens is 20. The van der Waals surface area contributed by atoms with Crippen molar-refractivity contribution in [3.8, 4) is 5.88 Å². The van der Waals surface area contributed by atoms with Gasteiger partial charge in [-0.25, -0.2) is 87.8 Å². The first-order chi connectivity index (χ1) is 31.0. The number of pyridine rings is 1. The van der Waals surface area contributed by atoms with E-state index in [4.69, 9.17) is 4.74 Å². The molecular weight excluding hydrogens is 941 g/mol. The second-order valence-electron chi connectivity index (χ2n) is 13.6. The third kappa shape index (κ3) is 7.40. The fraction of sp³-hybridized carbons (Fsp3) is 0.0476. The molecule has 3 nitrogen and oxygen atoms in total. The van der Waals surface area contributed by atoms with Gasteiger partial charge in [0.2, 0.25) is 17.8 Å². The summed E-state index contributed by atoms with van der Waals surface area (Å²) in [4.78, 5) is 12.4. The Morgan fingerprint density at radius 1 is 0.394 bits per heavy atom. The first-order valence-corrected chi connectivity index (χ1v) is 17.8. The van der Waals surface area contributed by atoms with Crippen LogP contribution < -0.4 is 31.2 Å². The van der Waals surface area contributed by atoms with E-state index in [0.717, 1.165) is 10.9 Å². The molecule has 66 heavy (non-hydrogen) atoms. The topological polar surface area (TPSA) is 30.2 Å². The van der Waals surface area contributed by atoms with E-state index in [0.29, 0.717) is 11.4 Å². The maximum Gasteiger partial charge on any atom is 0.368 e. The van der Waals surface area contributed by atoms with Crippen LogP contribution in [0.3, 0.4) is 0 Å². The van der Waals surface area contributed by atoms with Crippen LogP contribution in [0.1, 0.15) is 10.4 Å². The smallest absolute Gasteiger partial charge is 0.368 e. The third-order valence-corrected chi connectivity index (χ3v) is 10.2. The number of methoxy groups -OCH3 is 1. The average Bonchev–Trinajstić information content (AvgIpc) is 3.31. The summed E-state index contributed by atoms with van der Waals surface area (Å²) in [6, 6.07) is 21.2. The summed E-state index contributed by atoms with van der Waals surface area (Å²) in [5.74, 6) is -70.7. The molecule has 0 amide bonds. The van der Waals surface area contributed by atoms with E-state index in [-0.39, 0.29) is 12.3 Å². The quantitative estimate of drug-likeness (QED) is 0.0381. The van der Waals surface area contributed by atoms with Gasteiger partial charge in [0, 0.05) is 17.0 Å². The number of fused-ring (bicyclic) bond motifs is 1. The number of hydrogen-bond donors (Lipinski definition) is 0. The van der Waals surface area contributed by atoms with Crippen LogP contribution in [0.5, 0.6) is 5.88 Å². The van der Waals surface area contributed by atoms with Gasteiger partial charge in [-0.3, -0.25) is 4.79 Å². The molecule has 0 radical (unpaired) electrons. The number of benzene rings is 6. The van der Waals surface area contributed by atoms with Crippen molar-refractivity contribution in [2.45, 2.75) is 6.54 Å². The molecule has 0 fully saturated rings. The molecule has 0 bridgehead atoms. The van der Waals surface area contributed by atoms with Gasteiger partial charge < -0.3 is 4.74 Å². The van der Waals surface area contributed by atoms with Crippen molar-refractivity contribution >= 4 is 44.7 Å². The maximum absolute atomic E-state index is 15.4. The summed E-state index contributed by atoms with van der Waals surface area (Å²) in [6.07, 6.45) is -7.22. The van der Waals surface area contributed by atoms with E-state index >= 15 is 35.1 Å². The molecule has 344 valence electrons. The van der Waals surface area contributed by atoms with Gasteiger partial charge in [0.1, 0.15) is 52.7 Å². The molecule has 1 aromatic heterocycles. The van der Waals surface area contributed by atoms with Crippen molar-refractivity contribution in [2.75, 3.05) is 7.11 Å². The minimum Gasteiger partial charge on any atom is -0.448 e. The zero-order valence-corrected chi connectivity index (χ0v) is 32.0. The van der Waals surface area contributed by atoms with Crippen LogP contribution >= 0.6 is 0 Å². The third-order valence-electron chi connectivity index (χ3n) is 10.2. The summed E-state index contributed by atoms with van der Waals surface area (Å²) in [7, 11) is 1.62. The van der Waals surface area contributed by atoms with Crippen molar-refractivity contribution in [3.63, 3.8) is 0 Å². The number of carbonyl (C=O) groups excluding carboxylic acids is 1. The fourth-order valence-corrected chi connectivity index (χ4v) is 7.32. The lowest BCUT2D eigenvalue weighted by molar-refractivity contribution is -0.662. The number of hydrogen-bond acceptors (Lipinski definition) is 2. The molecule has 24 heteroatoms. The Balaban J connectivity index is 0.000000284. The zero-order chi connectivity index (χ0) is 49.0. The average molecular weight is 957 g/mol. The van der Waals surface area contributed by atoms with Crippen LogP contribution in [0.4, 0.5) is 87.8 Å². The highest BCUT2D eigenvalue weighted by molar-refractivity contribution is 7.20. The van der Waals surface area contributed by atoms with E-state index in [1.807, 2.05) is 71.3 Å². The lowest BCUT2D eigenvalue weighted by atomic mass is 9.12. The molecule has 0 saturated heterocycles. The largest absolute Gasteiger partial charge is 0.448 e. The number of rotatable bonds is 8. The molecule has 0 saturated carbocycles. The minimum absolute atomic E-state index is 0.0650. The Hall–Kier alpha value is -7.14. The number of nitrogens with zero attached hydrogens (tertiary/aromatic N) is 1. The van der Waals surface area contributed by atoms with E-state index in [1.165, 1.54) is 0 Å². The van der Waals surface area contributed by atoms with Gasteiger partial charge in [0.15, 0.2) is 69.8 Å². The van der Waals surface area contributed by atoms with E-state index in [1.54, 1.807) is 7.11 Å². The molecule has 0 aliphatic rings. The summed E-state index contributed by atoms with van der Waals surface area (Å²) in [6.45, 7) is 0.258. The number of Topliss-reactive ketones (excluding diaryl/α,β-unsaturated/α-hetero) is 1. The monoisotopic (exact) mass is 957 g/mol. The Morgan fingerprint density at radius 2 is 0.682 bits per heavy atom. The lowest BCUT2D eigenvalue weighted by Crippen LogP contribution is -2.81. The molecule has 7 rings (SSSR count). The number of carbonyl (C=O) groups is 1. The van der Waals surface area contributed by atoms with Crippen molar-refractivity contribution in [1.29, 1.82) is 0 Å². The van der Waals surface area contributed by atoms with Gasteiger partial charge in [-0.1, -0.05) is 42.5 Å². The predicted octanol–water partition coefficient (Wildman–Crippen LogP) is 8.86. The second-order valence-corrected chi connectivity index (χ2v) is 13.6. The fourth-order valence-electron chi connectivity index (χ4n) is 7.32. The van der Waals surface area contributed by atoms with Crippen LogP contribution in [-0.4, -0.2) is 19.0 Å². The van der Waals surface area contributed by atoms with Crippen LogP contribution in [0.25, 0.3) is 10.9 Å². The molecule has 0 spiro atoms. The van der Waals surface area contributed by atoms with Crippen LogP contribution in [0, 0.1) is 116 Å². The van der Waals surface area contributed by atoms with Crippen molar-refractivity contribution in [2.24, 2.45) is 0 Å². The molecular formula is C42H16BF20NO2. The molecule has 0 unspecified atom stereocenters. The van der Waals surface area contributed by atoms with Crippen molar-refractivity contribution in [3.05, 3.63) is 189 Å². The lowest BCUT2D eigenvalue weighted by Gasteiger charge is -2.44. The van der Waals surface area contributed by atoms with E-state index in [2.05, 4.69) is 0 Å². The van der Waals surface area contributed by atoms with Crippen LogP contribution in [0.2, 0.25) is 0 Å². The van der Waals surface area contributed by atoms with E-state index in [9.17, 15) is 57.5 Å². The molecule has 0 atom stereocenters. The van der Waals surface area contributed by atoms with Gasteiger partial charge in [-0.2, -0.15) is 4.57 Å². The zero-order valence-electron chi connectivity index (χ0n) is 32.0. The summed E-state index contributed by atoms with van der Waals surface area (Å²) >= 11 is 0. The van der Waals surface area contributed by atoms with Crippen LogP contribution in [0.15, 0.2) is 66.7 Å². The molecule has 1 heterocycles. The molecule has 0 aliphatic heterocycles.